The monoisotopic (exact) mass is 620 g/mol. The molecular weight excluding hydrogens is 584 g/mol. The molecule has 4 N–H and O–H groups in total. The number of ether oxygens (including phenoxy) is 2. The number of aromatic nitrogens is 3. The number of methoxy groups -OCH3 is 1. The van der Waals surface area contributed by atoms with E-state index in [-0.39, 0.29) is 31.9 Å². The fourth-order valence-corrected chi connectivity index (χ4v) is 5.87. The van der Waals surface area contributed by atoms with Gasteiger partial charge in [0, 0.05) is 36.1 Å². The smallest absolute Gasteiger partial charge is 0.275 e. The molecule has 2 atom stereocenters. The maximum Gasteiger partial charge on any atom is 0.275 e. The highest BCUT2D eigenvalue weighted by Crippen LogP contribution is 2.31. The molecule has 0 spiro atoms. The molecule has 44 heavy (non-hydrogen) atoms. The number of carbonyl (C=O) groups excluding carboxylic acids is 3. The van der Waals surface area contributed by atoms with Gasteiger partial charge in [0.05, 0.1) is 43.8 Å². The molecule has 0 aliphatic carbocycles. The number of hydrogen-bond acceptors (Lipinski definition) is 9. The first kappa shape index (κ1) is 31.0. The molecule has 5 rings (SSSR count). The zero-order chi connectivity index (χ0) is 31.2. The summed E-state index contributed by atoms with van der Waals surface area (Å²) in [5, 5.41) is 16.9. The first-order chi connectivity index (χ1) is 21.2. The maximum absolute atomic E-state index is 13.3. The van der Waals surface area contributed by atoms with Crippen LogP contribution in [0.25, 0.3) is 10.9 Å². The SMILES string of the molecule is COc1ccc2cc1OCCCN(C(=O)c1nsnc1C)CC(=O)N[C@@H]([C@@H](C)O)C(=O)NCCc1c([nH]c3ccccc13)C2. The number of aliphatic hydroxyl groups is 1. The standard InChI is InChI=1S/C31H36N6O6S/c1-18-28(36-44-35-18)31(41)37-13-6-14-43-26-16-20(9-10-25(26)42-3)15-24-22(21-7-4-5-8-23(21)33-24)11-12-32-30(40)29(19(2)38)34-27(39)17-37/h4-5,7-10,16,19,29,33,38H,6,11-15,17H2,1-3H3,(H,32,40)(H,34,39)/t19-,29+/m1/s1. The van der Waals surface area contributed by atoms with Crippen molar-refractivity contribution < 1.29 is 29.0 Å². The van der Waals surface area contributed by atoms with E-state index in [1.165, 1.54) is 11.8 Å². The molecule has 3 amide bonds. The third kappa shape index (κ3) is 7.00. The van der Waals surface area contributed by atoms with E-state index < -0.39 is 29.9 Å². The number of H-pyrrole nitrogens is 1. The van der Waals surface area contributed by atoms with Crippen LogP contribution in [0.4, 0.5) is 0 Å². The largest absolute Gasteiger partial charge is 0.493 e. The molecule has 2 aromatic heterocycles. The van der Waals surface area contributed by atoms with Crippen molar-refractivity contribution in [2.75, 3.05) is 33.4 Å². The summed E-state index contributed by atoms with van der Waals surface area (Å²) in [7, 11) is 1.58. The van der Waals surface area contributed by atoms with E-state index in [1.807, 2.05) is 42.5 Å². The quantitative estimate of drug-likeness (QED) is 0.272. The van der Waals surface area contributed by atoms with E-state index >= 15 is 0 Å². The minimum atomic E-state index is -1.20. The maximum atomic E-state index is 13.3. The van der Waals surface area contributed by atoms with Crippen molar-refractivity contribution in [1.29, 1.82) is 0 Å². The number of aromatic amines is 1. The number of carbonyl (C=O) groups is 3. The first-order valence-electron chi connectivity index (χ1n) is 14.5. The van der Waals surface area contributed by atoms with Crippen molar-refractivity contribution in [3.8, 4) is 11.5 Å². The van der Waals surface area contributed by atoms with Gasteiger partial charge in [0.15, 0.2) is 17.2 Å². The van der Waals surface area contributed by atoms with Gasteiger partial charge >= 0.3 is 0 Å². The number of nitrogens with zero attached hydrogens (tertiary/aromatic N) is 3. The van der Waals surface area contributed by atoms with Crippen LogP contribution in [0.2, 0.25) is 0 Å². The topological polar surface area (TPSA) is 159 Å². The van der Waals surface area contributed by atoms with E-state index in [9.17, 15) is 19.5 Å². The Balaban J connectivity index is 1.45. The Hall–Kier alpha value is -4.49. The van der Waals surface area contributed by atoms with Crippen LogP contribution < -0.4 is 20.1 Å². The van der Waals surface area contributed by atoms with Crippen molar-refractivity contribution >= 4 is 40.4 Å². The molecule has 0 fully saturated rings. The van der Waals surface area contributed by atoms with Crippen molar-refractivity contribution in [1.82, 2.24) is 29.3 Å². The molecule has 2 aromatic carbocycles. The Morgan fingerprint density at radius 1 is 1.20 bits per heavy atom. The van der Waals surface area contributed by atoms with E-state index in [0.29, 0.717) is 36.5 Å². The Labute approximate surface area is 259 Å². The molecule has 0 saturated carbocycles. The van der Waals surface area contributed by atoms with Gasteiger partial charge in [-0.25, -0.2) is 0 Å². The average Bonchev–Trinajstić information content (AvgIpc) is 3.59. The van der Waals surface area contributed by atoms with Crippen LogP contribution in [0.5, 0.6) is 11.5 Å². The summed E-state index contributed by atoms with van der Waals surface area (Å²) in [6, 6.07) is 12.6. The van der Waals surface area contributed by atoms with Crippen LogP contribution in [0.1, 0.15) is 46.3 Å². The van der Waals surface area contributed by atoms with E-state index in [2.05, 4.69) is 24.4 Å². The van der Waals surface area contributed by atoms with Crippen LogP contribution >= 0.6 is 11.7 Å². The highest BCUT2D eigenvalue weighted by molar-refractivity contribution is 6.99. The summed E-state index contributed by atoms with van der Waals surface area (Å²) in [6.07, 6.45) is 0.346. The van der Waals surface area contributed by atoms with Gasteiger partial charge in [0.2, 0.25) is 11.8 Å². The summed E-state index contributed by atoms with van der Waals surface area (Å²) >= 11 is 0.917. The molecule has 2 bridgehead atoms. The number of aryl methyl sites for hydroxylation is 1. The van der Waals surface area contributed by atoms with Crippen molar-refractivity contribution in [3.05, 3.63) is 70.7 Å². The molecule has 13 heteroatoms. The lowest BCUT2D eigenvalue weighted by Crippen LogP contribution is -2.55. The van der Waals surface area contributed by atoms with E-state index in [4.69, 9.17) is 9.47 Å². The number of aliphatic hydroxyl groups excluding tert-OH is 1. The summed E-state index contributed by atoms with van der Waals surface area (Å²) < 4.78 is 19.9. The van der Waals surface area contributed by atoms with Gasteiger partial charge in [-0.1, -0.05) is 24.3 Å². The van der Waals surface area contributed by atoms with Gasteiger partial charge in [-0.05, 0) is 56.0 Å². The van der Waals surface area contributed by atoms with Crippen molar-refractivity contribution in [2.24, 2.45) is 0 Å². The van der Waals surface area contributed by atoms with Gasteiger partial charge in [-0.3, -0.25) is 14.4 Å². The number of fused-ring (bicyclic) bond motifs is 5. The Kier molecular flexibility index (Phi) is 9.75. The lowest BCUT2D eigenvalue weighted by atomic mass is 10.0. The normalized spacial score (nSPS) is 17.7. The zero-order valence-electron chi connectivity index (χ0n) is 24.9. The summed E-state index contributed by atoms with van der Waals surface area (Å²) in [6.45, 7) is 3.47. The molecular formula is C31H36N6O6S. The number of nitrogens with one attached hydrogen (secondary N) is 3. The second kappa shape index (κ2) is 13.9. The van der Waals surface area contributed by atoms with Crippen molar-refractivity contribution in [2.45, 2.75) is 45.3 Å². The number of amides is 3. The first-order valence-corrected chi connectivity index (χ1v) is 15.2. The van der Waals surface area contributed by atoms with Crippen LogP contribution in [0, 0.1) is 6.92 Å². The fraction of sp³-hybridized carbons (Fsp3) is 0.387. The molecule has 0 radical (unpaired) electrons. The highest BCUT2D eigenvalue weighted by atomic mass is 32.1. The van der Waals surface area contributed by atoms with Gasteiger partial charge in [-0.15, -0.1) is 0 Å². The predicted octanol–water partition coefficient (Wildman–Crippen LogP) is 2.38. The Bertz CT molecular complexity index is 1650. The lowest BCUT2D eigenvalue weighted by Gasteiger charge is -2.25. The summed E-state index contributed by atoms with van der Waals surface area (Å²) in [4.78, 5) is 44.5. The minimum absolute atomic E-state index is 0.164. The van der Waals surface area contributed by atoms with Gasteiger partial charge < -0.3 is 35.1 Å². The Morgan fingerprint density at radius 3 is 2.77 bits per heavy atom. The van der Waals surface area contributed by atoms with Crippen LogP contribution in [-0.2, 0) is 22.4 Å². The molecule has 0 unspecified atom stereocenters. The fourth-order valence-electron chi connectivity index (χ4n) is 5.32. The second-order valence-electron chi connectivity index (χ2n) is 10.7. The molecule has 4 aromatic rings. The van der Waals surface area contributed by atoms with Gasteiger partial charge in [0.25, 0.3) is 5.91 Å². The van der Waals surface area contributed by atoms with Crippen LogP contribution in [-0.4, -0.2) is 87.0 Å². The molecule has 1 aliphatic rings. The molecule has 232 valence electrons. The molecule has 0 saturated heterocycles. The molecule has 12 nitrogen and oxygen atoms in total. The lowest BCUT2D eigenvalue weighted by molar-refractivity contribution is -0.131. The molecule has 3 heterocycles. The number of benzene rings is 2. The van der Waals surface area contributed by atoms with Crippen LogP contribution in [0.15, 0.2) is 42.5 Å². The van der Waals surface area contributed by atoms with Gasteiger partial charge in [0.1, 0.15) is 6.04 Å². The highest BCUT2D eigenvalue weighted by Gasteiger charge is 2.29. The second-order valence-corrected chi connectivity index (χ2v) is 11.3. The predicted molar refractivity (Wildman–Crippen MR) is 165 cm³/mol. The number of para-hydroxylation sites is 1. The van der Waals surface area contributed by atoms with Crippen molar-refractivity contribution in [3.63, 3.8) is 0 Å². The van der Waals surface area contributed by atoms with Gasteiger partial charge in [-0.2, -0.15) is 8.75 Å². The third-order valence-corrected chi connectivity index (χ3v) is 8.19. The van der Waals surface area contributed by atoms with E-state index in [1.54, 1.807) is 14.0 Å². The third-order valence-electron chi connectivity index (χ3n) is 7.57. The Morgan fingerprint density at radius 2 is 2.02 bits per heavy atom. The number of hydrogen-bond donors (Lipinski definition) is 4. The summed E-state index contributed by atoms with van der Waals surface area (Å²) in [5.41, 5.74) is 4.70. The van der Waals surface area contributed by atoms with Crippen LogP contribution in [0.3, 0.4) is 0 Å². The number of rotatable bonds is 3. The van der Waals surface area contributed by atoms with E-state index in [0.717, 1.165) is 39.5 Å². The molecule has 1 aliphatic heterocycles. The minimum Gasteiger partial charge on any atom is -0.493 e. The zero-order valence-corrected chi connectivity index (χ0v) is 25.7. The average molecular weight is 621 g/mol. The summed E-state index contributed by atoms with van der Waals surface area (Å²) in [5.74, 6) is -0.406.